The van der Waals surface area contributed by atoms with Crippen LogP contribution in [0, 0.1) is 0 Å². The summed E-state index contributed by atoms with van der Waals surface area (Å²) in [5.41, 5.74) is 0.202. The Morgan fingerprint density at radius 3 is 2.80 bits per heavy atom. The van der Waals surface area contributed by atoms with Crippen molar-refractivity contribution in [3.63, 3.8) is 0 Å². The van der Waals surface area contributed by atoms with E-state index in [4.69, 9.17) is 0 Å². The van der Waals surface area contributed by atoms with Gasteiger partial charge in [-0.2, -0.15) is 0 Å². The maximum Gasteiger partial charge on any atom is 0.332 e. The molecule has 1 N–H and O–H groups in total. The molecule has 6 nitrogen and oxygen atoms in total. The highest BCUT2D eigenvalue weighted by Gasteiger charge is 2.12. The van der Waals surface area contributed by atoms with Crippen molar-refractivity contribution in [3.05, 3.63) is 39.8 Å². The molecule has 108 valence electrons. The van der Waals surface area contributed by atoms with Crippen LogP contribution in [0.25, 0.3) is 11.2 Å². The van der Waals surface area contributed by atoms with Gasteiger partial charge < -0.3 is 4.98 Å². The number of aryl methyl sites for hydroxylation is 1. The molecule has 0 unspecified atom stereocenters. The first-order valence-electron chi connectivity index (χ1n) is 6.90. The average Bonchev–Trinajstić information content (AvgIpc) is 2.93. The third-order valence-electron chi connectivity index (χ3n) is 3.45. The zero-order chi connectivity index (χ0) is 14.5. The van der Waals surface area contributed by atoms with Crippen LogP contribution in [-0.4, -0.2) is 19.1 Å². The molecule has 2 heterocycles. The fourth-order valence-electron chi connectivity index (χ4n) is 2.30. The highest BCUT2D eigenvalue weighted by molar-refractivity contribution is 5.68. The standard InChI is InChI=1S/C14H20N4O2/c1-3-4-5-6-7-8-9-18-13(19)11-12(16-10-15-11)17(2)14(18)20/h3,10H,1,4-9H2,2H3,(H,15,16). The molecule has 0 spiro atoms. The zero-order valence-corrected chi connectivity index (χ0v) is 11.8. The van der Waals surface area contributed by atoms with Crippen LogP contribution >= 0.6 is 0 Å². The minimum atomic E-state index is -0.305. The van der Waals surface area contributed by atoms with Crippen molar-refractivity contribution in [2.24, 2.45) is 7.05 Å². The zero-order valence-electron chi connectivity index (χ0n) is 11.8. The summed E-state index contributed by atoms with van der Waals surface area (Å²) in [5.74, 6) is 0. The molecule has 0 aliphatic carbocycles. The molecular formula is C14H20N4O2. The Morgan fingerprint density at radius 2 is 2.05 bits per heavy atom. The number of nitrogens with zero attached hydrogens (tertiary/aromatic N) is 3. The molecule has 0 fully saturated rings. The molecule has 0 atom stereocenters. The number of fused-ring (bicyclic) bond motifs is 1. The van der Waals surface area contributed by atoms with Crippen LogP contribution < -0.4 is 11.2 Å². The van der Waals surface area contributed by atoms with Gasteiger partial charge in [0.15, 0.2) is 5.65 Å². The fourth-order valence-corrected chi connectivity index (χ4v) is 2.30. The normalized spacial score (nSPS) is 11.1. The van der Waals surface area contributed by atoms with E-state index in [1.807, 2.05) is 6.08 Å². The molecule has 2 rings (SSSR count). The van der Waals surface area contributed by atoms with Gasteiger partial charge in [-0.25, -0.2) is 9.78 Å². The summed E-state index contributed by atoms with van der Waals surface area (Å²) in [6.45, 7) is 4.14. The molecule has 6 heteroatoms. The van der Waals surface area contributed by atoms with Gasteiger partial charge in [-0.3, -0.25) is 13.9 Å². The minimum absolute atomic E-state index is 0.285. The second-order valence-corrected chi connectivity index (χ2v) is 4.89. The Hall–Kier alpha value is -2.11. The van der Waals surface area contributed by atoms with Gasteiger partial charge in [0.25, 0.3) is 5.56 Å². The van der Waals surface area contributed by atoms with Gasteiger partial charge in [0.05, 0.1) is 6.33 Å². The van der Waals surface area contributed by atoms with Crippen molar-refractivity contribution >= 4 is 11.2 Å². The summed E-state index contributed by atoms with van der Waals surface area (Å²) in [7, 11) is 1.63. The Labute approximate surface area is 116 Å². The van der Waals surface area contributed by atoms with E-state index >= 15 is 0 Å². The summed E-state index contributed by atoms with van der Waals surface area (Å²) in [6.07, 6.45) is 8.39. The number of rotatable bonds is 7. The molecule has 0 bridgehead atoms. The van der Waals surface area contributed by atoms with Gasteiger partial charge in [0.1, 0.15) is 5.52 Å². The van der Waals surface area contributed by atoms with Crippen molar-refractivity contribution in [3.8, 4) is 0 Å². The number of aromatic amines is 1. The van der Waals surface area contributed by atoms with Crippen LogP contribution in [0.15, 0.2) is 28.6 Å². The molecule has 0 saturated carbocycles. The van der Waals surface area contributed by atoms with Gasteiger partial charge in [-0.05, 0) is 19.3 Å². The molecule has 0 saturated heterocycles. The second-order valence-electron chi connectivity index (χ2n) is 4.89. The van der Waals surface area contributed by atoms with Crippen LogP contribution in [0.4, 0.5) is 0 Å². The van der Waals surface area contributed by atoms with Crippen LogP contribution in [0.2, 0.25) is 0 Å². The number of aromatic nitrogens is 4. The van der Waals surface area contributed by atoms with Crippen LogP contribution in [-0.2, 0) is 13.6 Å². The number of allylic oxidation sites excluding steroid dienone is 1. The van der Waals surface area contributed by atoms with Crippen molar-refractivity contribution in [1.29, 1.82) is 0 Å². The quantitative estimate of drug-likeness (QED) is 0.616. The smallest absolute Gasteiger partial charge is 0.332 e. The monoisotopic (exact) mass is 276 g/mol. The second kappa shape index (κ2) is 6.36. The van der Waals surface area contributed by atoms with Crippen molar-refractivity contribution in [2.75, 3.05) is 0 Å². The molecule has 2 aromatic rings. The topological polar surface area (TPSA) is 72.7 Å². The fraction of sp³-hybridized carbons (Fsp3) is 0.500. The summed E-state index contributed by atoms with van der Waals surface area (Å²) >= 11 is 0. The van der Waals surface area contributed by atoms with E-state index in [1.54, 1.807) is 7.05 Å². The third-order valence-corrected chi connectivity index (χ3v) is 3.45. The molecule has 2 aromatic heterocycles. The summed E-state index contributed by atoms with van der Waals surface area (Å²) < 4.78 is 2.69. The maximum atomic E-state index is 12.2. The number of H-pyrrole nitrogens is 1. The van der Waals surface area contributed by atoms with E-state index in [9.17, 15) is 9.59 Å². The number of nitrogens with one attached hydrogen (secondary N) is 1. The van der Waals surface area contributed by atoms with Gasteiger partial charge in [0.2, 0.25) is 0 Å². The van der Waals surface area contributed by atoms with E-state index in [0.29, 0.717) is 17.7 Å². The molecule has 0 aliphatic heterocycles. The van der Waals surface area contributed by atoms with Crippen LogP contribution in [0.3, 0.4) is 0 Å². The first-order chi connectivity index (χ1) is 9.66. The molecule has 0 amide bonds. The van der Waals surface area contributed by atoms with E-state index < -0.39 is 0 Å². The Bertz CT molecular complexity index is 708. The van der Waals surface area contributed by atoms with Crippen molar-refractivity contribution < 1.29 is 0 Å². The molecule has 20 heavy (non-hydrogen) atoms. The van der Waals surface area contributed by atoms with Gasteiger partial charge in [-0.15, -0.1) is 6.58 Å². The van der Waals surface area contributed by atoms with Gasteiger partial charge in [0, 0.05) is 13.6 Å². The molecule has 0 aliphatic rings. The first-order valence-corrected chi connectivity index (χ1v) is 6.90. The lowest BCUT2D eigenvalue weighted by atomic mass is 10.1. The number of unbranched alkanes of at least 4 members (excludes halogenated alkanes) is 4. The van der Waals surface area contributed by atoms with E-state index in [0.717, 1.165) is 32.1 Å². The Balaban J connectivity index is 2.12. The molecule has 0 radical (unpaired) electrons. The molecule has 0 aromatic carbocycles. The minimum Gasteiger partial charge on any atom is -0.339 e. The lowest BCUT2D eigenvalue weighted by Crippen LogP contribution is -2.39. The number of hydrogen-bond donors (Lipinski definition) is 1. The predicted octanol–water partition coefficient (Wildman–Crippen LogP) is 1.56. The highest BCUT2D eigenvalue weighted by Crippen LogP contribution is 2.04. The van der Waals surface area contributed by atoms with Crippen LogP contribution in [0.1, 0.15) is 32.1 Å². The van der Waals surface area contributed by atoms with E-state index in [2.05, 4.69) is 16.5 Å². The van der Waals surface area contributed by atoms with Crippen molar-refractivity contribution in [2.45, 2.75) is 38.6 Å². The maximum absolute atomic E-state index is 12.2. The first kappa shape index (κ1) is 14.3. The van der Waals surface area contributed by atoms with Crippen LogP contribution in [0.5, 0.6) is 0 Å². The van der Waals surface area contributed by atoms with E-state index in [-0.39, 0.29) is 11.2 Å². The molecular weight excluding hydrogens is 256 g/mol. The van der Waals surface area contributed by atoms with E-state index in [1.165, 1.54) is 15.5 Å². The Morgan fingerprint density at radius 1 is 1.30 bits per heavy atom. The lowest BCUT2D eigenvalue weighted by Gasteiger charge is -2.07. The van der Waals surface area contributed by atoms with Crippen molar-refractivity contribution in [1.82, 2.24) is 19.1 Å². The predicted molar refractivity (Wildman–Crippen MR) is 78.9 cm³/mol. The SMILES string of the molecule is C=CCCCCCCn1c(=O)c2[nH]cnc2n(C)c1=O. The third kappa shape index (κ3) is 2.74. The number of imidazole rings is 1. The van der Waals surface area contributed by atoms with Gasteiger partial charge >= 0.3 is 5.69 Å². The largest absolute Gasteiger partial charge is 0.339 e. The average molecular weight is 276 g/mol. The van der Waals surface area contributed by atoms with Gasteiger partial charge in [-0.1, -0.05) is 18.9 Å². The highest BCUT2D eigenvalue weighted by atomic mass is 16.2. The summed E-state index contributed by atoms with van der Waals surface area (Å²) in [4.78, 5) is 31.1. The lowest BCUT2D eigenvalue weighted by molar-refractivity contribution is 0.535. The number of hydrogen-bond acceptors (Lipinski definition) is 3. The Kier molecular flexibility index (Phi) is 4.55. The summed E-state index contributed by atoms with van der Waals surface area (Å²) in [6, 6.07) is 0. The summed E-state index contributed by atoms with van der Waals surface area (Å²) in [5, 5.41) is 0.